The van der Waals surface area contributed by atoms with Crippen molar-refractivity contribution < 1.29 is 13.9 Å². The molecule has 6 heteroatoms. The van der Waals surface area contributed by atoms with Crippen LogP contribution in [0.4, 0.5) is 15.9 Å². The molecule has 0 unspecified atom stereocenters. The van der Waals surface area contributed by atoms with Gasteiger partial charge < -0.3 is 10.1 Å². The van der Waals surface area contributed by atoms with Gasteiger partial charge in [0.05, 0.1) is 17.8 Å². The summed E-state index contributed by atoms with van der Waals surface area (Å²) >= 11 is 0. The van der Waals surface area contributed by atoms with E-state index in [1.807, 2.05) is 6.07 Å². The smallest absolute Gasteiger partial charge is 0.376 e. The SMILES string of the molecule is CCOC(=O)c1nc(Nc2ccccc2F)c2ccccc2n1. The highest BCUT2D eigenvalue weighted by molar-refractivity contribution is 5.95. The van der Waals surface area contributed by atoms with E-state index in [2.05, 4.69) is 15.3 Å². The summed E-state index contributed by atoms with van der Waals surface area (Å²) in [6.45, 7) is 1.93. The zero-order valence-corrected chi connectivity index (χ0v) is 12.4. The summed E-state index contributed by atoms with van der Waals surface area (Å²) in [4.78, 5) is 20.3. The molecular formula is C17H14FN3O2. The number of para-hydroxylation sites is 2. The maximum atomic E-state index is 13.9. The van der Waals surface area contributed by atoms with E-state index < -0.39 is 11.8 Å². The minimum absolute atomic E-state index is 0.0654. The van der Waals surface area contributed by atoms with Crippen molar-refractivity contribution in [3.05, 3.63) is 60.2 Å². The van der Waals surface area contributed by atoms with E-state index in [4.69, 9.17) is 4.74 Å². The second-order valence-electron chi connectivity index (χ2n) is 4.74. The molecule has 1 aromatic heterocycles. The fourth-order valence-electron chi connectivity index (χ4n) is 2.15. The molecule has 0 saturated heterocycles. The van der Waals surface area contributed by atoms with Crippen molar-refractivity contribution in [3.8, 4) is 0 Å². The second-order valence-corrected chi connectivity index (χ2v) is 4.74. The Labute approximate surface area is 132 Å². The summed E-state index contributed by atoms with van der Waals surface area (Å²) in [5, 5.41) is 3.60. The van der Waals surface area contributed by atoms with Crippen LogP contribution in [0.2, 0.25) is 0 Å². The molecule has 23 heavy (non-hydrogen) atoms. The summed E-state index contributed by atoms with van der Waals surface area (Å²) in [5.74, 6) is -0.740. The van der Waals surface area contributed by atoms with Gasteiger partial charge in [-0.3, -0.25) is 0 Å². The van der Waals surface area contributed by atoms with E-state index in [0.29, 0.717) is 16.7 Å². The lowest BCUT2D eigenvalue weighted by Gasteiger charge is -2.11. The number of fused-ring (bicyclic) bond motifs is 1. The molecule has 2 aromatic carbocycles. The normalized spacial score (nSPS) is 10.5. The van der Waals surface area contributed by atoms with Crippen molar-refractivity contribution >= 4 is 28.4 Å². The topological polar surface area (TPSA) is 64.1 Å². The first kappa shape index (κ1) is 14.9. The van der Waals surface area contributed by atoms with E-state index in [-0.39, 0.29) is 18.1 Å². The average molecular weight is 311 g/mol. The number of ether oxygens (including phenoxy) is 1. The number of esters is 1. The lowest BCUT2D eigenvalue weighted by atomic mass is 10.2. The van der Waals surface area contributed by atoms with E-state index in [0.717, 1.165) is 0 Å². The first-order valence-corrected chi connectivity index (χ1v) is 7.14. The van der Waals surface area contributed by atoms with E-state index in [1.165, 1.54) is 6.07 Å². The molecule has 0 aliphatic heterocycles. The number of rotatable bonds is 4. The third kappa shape index (κ3) is 3.11. The Bertz CT molecular complexity index is 867. The first-order chi connectivity index (χ1) is 11.2. The summed E-state index contributed by atoms with van der Waals surface area (Å²) in [6.07, 6.45) is 0. The number of hydrogen-bond acceptors (Lipinski definition) is 5. The molecule has 0 saturated carbocycles. The van der Waals surface area contributed by atoms with Crippen LogP contribution in [-0.4, -0.2) is 22.5 Å². The molecule has 0 amide bonds. The molecule has 116 valence electrons. The van der Waals surface area contributed by atoms with E-state index in [1.54, 1.807) is 43.3 Å². The summed E-state index contributed by atoms with van der Waals surface area (Å²) in [5.41, 5.74) is 0.843. The molecule has 3 aromatic rings. The predicted molar refractivity (Wildman–Crippen MR) is 85.2 cm³/mol. The highest BCUT2D eigenvalue weighted by Crippen LogP contribution is 2.25. The van der Waals surface area contributed by atoms with Gasteiger partial charge >= 0.3 is 5.97 Å². The molecule has 1 N–H and O–H groups in total. The summed E-state index contributed by atoms with van der Waals surface area (Å²) < 4.78 is 18.8. The zero-order valence-electron chi connectivity index (χ0n) is 12.4. The minimum Gasteiger partial charge on any atom is -0.460 e. The third-order valence-corrected chi connectivity index (χ3v) is 3.19. The molecule has 0 aliphatic carbocycles. The van der Waals surface area contributed by atoms with Gasteiger partial charge in [-0.15, -0.1) is 0 Å². The lowest BCUT2D eigenvalue weighted by Crippen LogP contribution is -2.11. The van der Waals surface area contributed by atoms with Gasteiger partial charge in [0.25, 0.3) is 0 Å². The number of anilines is 2. The van der Waals surface area contributed by atoms with Crippen LogP contribution in [0.1, 0.15) is 17.5 Å². The Morgan fingerprint density at radius 2 is 1.87 bits per heavy atom. The van der Waals surface area contributed by atoms with Crippen molar-refractivity contribution in [2.24, 2.45) is 0 Å². The average Bonchev–Trinajstić information content (AvgIpc) is 2.57. The Morgan fingerprint density at radius 1 is 1.13 bits per heavy atom. The largest absolute Gasteiger partial charge is 0.460 e. The fraction of sp³-hybridized carbons (Fsp3) is 0.118. The maximum Gasteiger partial charge on any atom is 0.376 e. The van der Waals surface area contributed by atoms with Crippen molar-refractivity contribution in [3.63, 3.8) is 0 Å². The van der Waals surface area contributed by atoms with Gasteiger partial charge in [-0.2, -0.15) is 0 Å². The van der Waals surface area contributed by atoms with Crippen LogP contribution in [0.25, 0.3) is 10.9 Å². The van der Waals surface area contributed by atoms with Crippen molar-refractivity contribution in [2.45, 2.75) is 6.92 Å². The maximum absolute atomic E-state index is 13.9. The monoisotopic (exact) mass is 311 g/mol. The van der Waals surface area contributed by atoms with E-state index >= 15 is 0 Å². The predicted octanol–water partition coefficient (Wildman–Crippen LogP) is 3.69. The van der Waals surface area contributed by atoms with Crippen molar-refractivity contribution in [2.75, 3.05) is 11.9 Å². The van der Waals surface area contributed by atoms with Gasteiger partial charge in [-0.1, -0.05) is 24.3 Å². The van der Waals surface area contributed by atoms with Gasteiger partial charge in [-0.05, 0) is 31.2 Å². The van der Waals surface area contributed by atoms with Gasteiger partial charge in [-0.25, -0.2) is 19.2 Å². The highest BCUT2D eigenvalue weighted by atomic mass is 19.1. The number of benzene rings is 2. The minimum atomic E-state index is -0.616. The summed E-state index contributed by atoms with van der Waals surface area (Å²) in [6, 6.07) is 13.4. The van der Waals surface area contributed by atoms with Crippen LogP contribution in [-0.2, 0) is 4.74 Å². The molecule has 5 nitrogen and oxygen atoms in total. The molecule has 3 rings (SSSR count). The number of carbonyl (C=O) groups is 1. The number of nitrogens with zero attached hydrogens (tertiary/aromatic N) is 2. The third-order valence-electron chi connectivity index (χ3n) is 3.19. The fourth-order valence-corrected chi connectivity index (χ4v) is 2.15. The van der Waals surface area contributed by atoms with Gasteiger partial charge in [0.1, 0.15) is 11.6 Å². The van der Waals surface area contributed by atoms with Gasteiger partial charge in [0, 0.05) is 5.39 Å². The Kier molecular flexibility index (Phi) is 4.14. The number of nitrogens with one attached hydrogen (secondary N) is 1. The summed E-state index contributed by atoms with van der Waals surface area (Å²) in [7, 11) is 0. The molecular weight excluding hydrogens is 297 g/mol. The molecule has 0 radical (unpaired) electrons. The van der Waals surface area contributed by atoms with Gasteiger partial charge in [0.15, 0.2) is 0 Å². The molecule has 0 spiro atoms. The molecule has 0 fully saturated rings. The van der Waals surface area contributed by atoms with Crippen LogP contribution in [0, 0.1) is 5.82 Å². The van der Waals surface area contributed by atoms with Crippen LogP contribution in [0.15, 0.2) is 48.5 Å². The van der Waals surface area contributed by atoms with Crippen LogP contribution in [0.5, 0.6) is 0 Å². The zero-order chi connectivity index (χ0) is 16.2. The number of carbonyl (C=O) groups excluding carboxylic acids is 1. The van der Waals surface area contributed by atoms with Crippen LogP contribution >= 0.6 is 0 Å². The number of aromatic nitrogens is 2. The Morgan fingerprint density at radius 3 is 2.65 bits per heavy atom. The number of halogens is 1. The molecule has 1 heterocycles. The van der Waals surface area contributed by atoms with Gasteiger partial charge in [0.2, 0.25) is 5.82 Å². The Balaban J connectivity index is 2.10. The standard InChI is InChI=1S/C17H14FN3O2/c1-2-23-17(22)16-19-13-9-5-3-7-11(13)15(21-16)20-14-10-6-4-8-12(14)18/h3-10H,2H2,1H3,(H,19,20,21). The Hall–Kier alpha value is -3.02. The first-order valence-electron chi connectivity index (χ1n) is 7.14. The molecule has 0 aliphatic rings. The lowest BCUT2D eigenvalue weighted by molar-refractivity contribution is 0.0512. The van der Waals surface area contributed by atoms with Crippen LogP contribution in [0.3, 0.4) is 0 Å². The van der Waals surface area contributed by atoms with Crippen molar-refractivity contribution in [1.82, 2.24) is 9.97 Å². The molecule has 0 bridgehead atoms. The van der Waals surface area contributed by atoms with Crippen molar-refractivity contribution in [1.29, 1.82) is 0 Å². The highest BCUT2D eigenvalue weighted by Gasteiger charge is 2.15. The number of hydrogen-bond donors (Lipinski definition) is 1. The quantitative estimate of drug-likeness (QED) is 0.744. The van der Waals surface area contributed by atoms with E-state index in [9.17, 15) is 9.18 Å². The second kappa shape index (κ2) is 6.39. The molecule has 0 atom stereocenters. The van der Waals surface area contributed by atoms with Crippen LogP contribution < -0.4 is 5.32 Å².